The molecule has 0 aliphatic rings. The molecule has 2 nitrogen and oxygen atoms in total. The first-order valence-electron chi connectivity index (χ1n) is 6.10. The van der Waals surface area contributed by atoms with Gasteiger partial charge >= 0.3 is 0 Å². The lowest BCUT2D eigenvalue weighted by Gasteiger charge is -2.12. The maximum absolute atomic E-state index is 6.23. The molecule has 0 aliphatic heterocycles. The molecule has 0 aliphatic carbocycles. The molecule has 3 aromatic rings. The van der Waals surface area contributed by atoms with Crippen molar-refractivity contribution >= 4 is 50.2 Å². The molecule has 0 saturated heterocycles. The number of alkyl halides is 1. The molecule has 2 aromatic carbocycles. The van der Waals surface area contributed by atoms with E-state index in [2.05, 4.69) is 25.5 Å². The second-order valence-corrected chi connectivity index (χ2v) is 6.10. The number of hydrogen-bond acceptors (Lipinski definition) is 1. The molecule has 1 aromatic heterocycles. The van der Waals surface area contributed by atoms with E-state index in [1.54, 1.807) is 0 Å². The van der Waals surface area contributed by atoms with Gasteiger partial charge in [-0.2, -0.15) is 0 Å². The SMILES string of the molecule is Cc1c(Cl)cccc1-n1c(CCl)nc2ccc(Br)cc21. The molecule has 0 atom stereocenters. The minimum Gasteiger partial charge on any atom is -0.295 e. The van der Waals surface area contributed by atoms with Gasteiger partial charge in [-0.15, -0.1) is 11.6 Å². The Kier molecular flexibility index (Phi) is 3.76. The zero-order valence-electron chi connectivity index (χ0n) is 10.7. The first kappa shape index (κ1) is 13.9. The fourth-order valence-electron chi connectivity index (χ4n) is 2.30. The molecule has 3 rings (SSSR count). The van der Waals surface area contributed by atoms with Gasteiger partial charge in [0.25, 0.3) is 0 Å². The van der Waals surface area contributed by atoms with Crippen molar-refractivity contribution in [3.8, 4) is 5.69 Å². The summed E-state index contributed by atoms with van der Waals surface area (Å²) in [7, 11) is 0. The summed E-state index contributed by atoms with van der Waals surface area (Å²) < 4.78 is 3.07. The number of nitrogens with zero attached hydrogens (tertiary/aromatic N) is 2. The van der Waals surface area contributed by atoms with E-state index in [-0.39, 0.29) is 0 Å². The summed E-state index contributed by atoms with van der Waals surface area (Å²) in [5, 5.41) is 0.736. The zero-order chi connectivity index (χ0) is 14.3. The van der Waals surface area contributed by atoms with E-state index >= 15 is 0 Å². The Morgan fingerprint density at radius 3 is 2.80 bits per heavy atom. The lowest BCUT2D eigenvalue weighted by molar-refractivity contribution is 0.972. The van der Waals surface area contributed by atoms with Crippen molar-refractivity contribution in [1.29, 1.82) is 0 Å². The largest absolute Gasteiger partial charge is 0.295 e. The van der Waals surface area contributed by atoms with Crippen LogP contribution < -0.4 is 0 Å². The monoisotopic (exact) mass is 368 g/mol. The van der Waals surface area contributed by atoms with E-state index in [0.717, 1.165) is 37.6 Å². The van der Waals surface area contributed by atoms with Crippen LogP contribution in [0.3, 0.4) is 0 Å². The summed E-state index contributed by atoms with van der Waals surface area (Å²) in [6.45, 7) is 2.00. The minimum atomic E-state index is 0.345. The molecule has 0 amide bonds. The van der Waals surface area contributed by atoms with Crippen LogP contribution >= 0.6 is 39.1 Å². The fraction of sp³-hybridized carbons (Fsp3) is 0.133. The van der Waals surface area contributed by atoms with Gasteiger partial charge in [0.05, 0.1) is 22.6 Å². The highest BCUT2D eigenvalue weighted by Crippen LogP contribution is 2.29. The van der Waals surface area contributed by atoms with E-state index in [0.29, 0.717) is 5.88 Å². The first-order valence-corrected chi connectivity index (χ1v) is 7.80. The maximum Gasteiger partial charge on any atom is 0.129 e. The van der Waals surface area contributed by atoms with Crippen molar-refractivity contribution in [2.75, 3.05) is 0 Å². The maximum atomic E-state index is 6.23. The number of imidazole rings is 1. The molecule has 0 unspecified atom stereocenters. The topological polar surface area (TPSA) is 17.8 Å². The van der Waals surface area contributed by atoms with Gasteiger partial charge in [-0.1, -0.05) is 33.6 Å². The summed E-state index contributed by atoms with van der Waals surface area (Å²) in [6.07, 6.45) is 0. The molecule has 0 fully saturated rings. The predicted molar refractivity (Wildman–Crippen MR) is 88.1 cm³/mol. The molecular weight excluding hydrogens is 359 g/mol. The van der Waals surface area contributed by atoms with Crippen LogP contribution in [0.15, 0.2) is 40.9 Å². The van der Waals surface area contributed by atoms with Gasteiger partial charge in [0.1, 0.15) is 5.82 Å². The van der Waals surface area contributed by atoms with Crippen LogP contribution in [0.25, 0.3) is 16.7 Å². The van der Waals surface area contributed by atoms with Crippen molar-refractivity contribution < 1.29 is 0 Å². The second-order valence-electron chi connectivity index (χ2n) is 4.51. The van der Waals surface area contributed by atoms with Crippen LogP contribution in [0, 0.1) is 6.92 Å². The molecule has 0 N–H and O–H groups in total. The van der Waals surface area contributed by atoms with Crippen LogP contribution in [-0.2, 0) is 5.88 Å². The van der Waals surface area contributed by atoms with E-state index in [1.807, 2.05) is 43.3 Å². The van der Waals surface area contributed by atoms with Crippen LogP contribution in [0.4, 0.5) is 0 Å². The second kappa shape index (κ2) is 5.40. The van der Waals surface area contributed by atoms with E-state index in [1.165, 1.54) is 0 Å². The van der Waals surface area contributed by atoms with Crippen molar-refractivity contribution in [2.24, 2.45) is 0 Å². The minimum absolute atomic E-state index is 0.345. The van der Waals surface area contributed by atoms with Crippen LogP contribution in [0.1, 0.15) is 11.4 Å². The van der Waals surface area contributed by atoms with Gasteiger partial charge in [0.15, 0.2) is 0 Å². The number of rotatable bonds is 2. The normalized spacial score (nSPS) is 11.2. The highest BCUT2D eigenvalue weighted by atomic mass is 79.9. The van der Waals surface area contributed by atoms with Crippen molar-refractivity contribution in [3.63, 3.8) is 0 Å². The first-order chi connectivity index (χ1) is 9.61. The van der Waals surface area contributed by atoms with Gasteiger partial charge in [-0.05, 0) is 42.8 Å². The van der Waals surface area contributed by atoms with Gasteiger partial charge in [0.2, 0.25) is 0 Å². The lowest BCUT2D eigenvalue weighted by Crippen LogP contribution is -2.01. The van der Waals surface area contributed by atoms with Crippen LogP contribution in [0.5, 0.6) is 0 Å². The highest BCUT2D eigenvalue weighted by molar-refractivity contribution is 9.10. The third-order valence-corrected chi connectivity index (χ3v) is 4.43. The Morgan fingerprint density at radius 1 is 1.25 bits per heavy atom. The van der Waals surface area contributed by atoms with Gasteiger partial charge < -0.3 is 0 Å². The molecule has 5 heteroatoms. The average Bonchev–Trinajstić information content (AvgIpc) is 2.79. The molecular formula is C15H11BrCl2N2. The Bertz CT molecular complexity index is 796. The molecule has 0 spiro atoms. The van der Waals surface area contributed by atoms with Crippen LogP contribution in [0.2, 0.25) is 5.02 Å². The number of benzene rings is 2. The summed E-state index contributed by atoms with van der Waals surface area (Å²) in [5.41, 5.74) is 3.96. The Balaban J connectivity index is 2.39. The smallest absolute Gasteiger partial charge is 0.129 e. The third kappa shape index (κ3) is 2.24. The number of fused-ring (bicyclic) bond motifs is 1. The Labute approximate surface area is 135 Å². The molecule has 102 valence electrons. The van der Waals surface area contributed by atoms with Gasteiger partial charge in [-0.25, -0.2) is 4.98 Å². The van der Waals surface area contributed by atoms with Crippen LogP contribution in [-0.4, -0.2) is 9.55 Å². The highest BCUT2D eigenvalue weighted by Gasteiger charge is 2.14. The third-order valence-electron chi connectivity index (χ3n) is 3.29. The van der Waals surface area contributed by atoms with E-state index in [9.17, 15) is 0 Å². The predicted octanol–water partition coefficient (Wildman–Crippen LogP) is 5.49. The molecule has 1 heterocycles. The van der Waals surface area contributed by atoms with Crippen molar-refractivity contribution in [1.82, 2.24) is 9.55 Å². The summed E-state index contributed by atoms with van der Waals surface area (Å²) in [5.74, 6) is 1.16. The average molecular weight is 370 g/mol. The van der Waals surface area contributed by atoms with Crippen molar-refractivity contribution in [2.45, 2.75) is 12.8 Å². The quantitative estimate of drug-likeness (QED) is 0.546. The summed E-state index contributed by atoms with van der Waals surface area (Å²) in [4.78, 5) is 4.59. The van der Waals surface area contributed by atoms with Crippen molar-refractivity contribution in [3.05, 3.63) is 57.3 Å². The number of aromatic nitrogens is 2. The molecule has 0 bridgehead atoms. The van der Waals surface area contributed by atoms with Gasteiger partial charge in [0, 0.05) is 9.50 Å². The fourth-order valence-corrected chi connectivity index (χ4v) is 2.99. The molecule has 0 radical (unpaired) electrons. The van der Waals surface area contributed by atoms with E-state index < -0.39 is 0 Å². The Hall–Kier alpha value is -1.03. The van der Waals surface area contributed by atoms with Gasteiger partial charge in [-0.3, -0.25) is 4.57 Å². The zero-order valence-corrected chi connectivity index (χ0v) is 13.8. The lowest BCUT2D eigenvalue weighted by atomic mass is 10.2. The standard InChI is InChI=1S/C15H11BrCl2N2/c1-9-11(18)3-2-4-13(9)20-14-7-10(16)5-6-12(14)19-15(20)8-17/h2-7H,8H2,1H3. The summed E-state index contributed by atoms with van der Waals surface area (Å²) >= 11 is 15.8. The van der Waals surface area contributed by atoms with E-state index in [4.69, 9.17) is 23.2 Å². The number of hydrogen-bond donors (Lipinski definition) is 0. The molecule has 20 heavy (non-hydrogen) atoms. The molecule has 0 saturated carbocycles. The number of halogens is 3. The Morgan fingerprint density at radius 2 is 2.05 bits per heavy atom. The summed E-state index contributed by atoms with van der Waals surface area (Å²) in [6, 6.07) is 11.8.